The Labute approximate surface area is 77.7 Å². The van der Waals surface area contributed by atoms with Gasteiger partial charge >= 0.3 is 0 Å². The van der Waals surface area contributed by atoms with Crippen molar-refractivity contribution in [2.75, 3.05) is 0 Å². The van der Waals surface area contributed by atoms with E-state index in [-0.39, 0.29) is 0 Å². The van der Waals surface area contributed by atoms with Gasteiger partial charge in [-0.2, -0.15) is 0 Å². The first kappa shape index (κ1) is 9.51. The second kappa shape index (κ2) is 4.45. The third-order valence-corrected chi connectivity index (χ3v) is 1.70. The van der Waals surface area contributed by atoms with Crippen molar-refractivity contribution in [3.63, 3.8) is 0 Å². The van der Waals surface area contributed by atoms with Crippen molar-refractivity contribution in [3.05, 3.63) is 36.4 Å². The number of imidazole rings is 2. The first-order valence-corrected chi connectivity index (χ1v) is 4.10. The van der Waals surface area contributed by atoms with E-state index in [1.165, 1.54) is 0 Å². The fourth-order valence-electron chi connectivity index (χ4n) is 0.784. The average molecular weight is 178 g/mol. The van der Waals surface area contributed by atoms with Crippen LogP contribution in [-0.2, 0) is 7.05 Å². The summed E-state index contributed by atoms with van der Waals surface area (Å²) in [5.41, 5.74) is 0. The quantitative estimate of drug-likeness (QED) is 0.663. The molecule has 4 nitrogen and oxygen atoms in total. The molecule has 70 valence electrons. The number of aromatic amines is 1. The Bertz CT molecular complexity index is 318. The standard InChI is InChI=1S/C5H8N2.C4H6N2/c1-5-6-3-4-7(5)2;1-4-5-2-3-6-4/h3-4H,1-2H3;2-3H,1H3,(H,5,6). The lowest BCUT2D eigenvalue weighted by molar-refractivity contribution is 0.858. The van der Waals surface area contributed by atoms with Gasteiger partial charge in [0.05, 0.1) is 0 Å². The lowest BCUT2D eigenvalue weighted by Crippen LogP contribution is -1.86. The van der Waals surface area contributed by atoms with Gasteiger partial charge in [0.1, 0.15) is 11.6 Å². The highest BCUT2D eigenvalue weighted by atomic mass is 15.0. The van der Waals surface area contributed by atoms with E-state index in [1.807, 2.05) is 31.7 Å². The number of nitrogens with one attached hydrogen (secondary N) is 1. The van der Waals surface area contributed by atoms with Crippen LogP contribution in [0.25, 0.3) is 0 Å². The Kier molecular flexibility index (Phi) is 3.25. The van der Waals surface area contributed by atoms with Crippen LogP contribution in [0.5, 0.6) is 0 Å². The second-order valence-electron chi connectivity index (χ2n) is 2.76. The van der Waals surface area contributed by atoms with Crippen LogP contribution in [0.1, 0.15) is 11.6 Å². The number of aromatic nitrogens is 4. The van der Waals surface area contributed by atoms with Crippen LogP contribution in [0.4, 0.5) is 0 Å². The molecule has 0 saturated carbocycles. The first-order chi connectivity index (χ1) is 6.20. The molecule has 2 rings (SSSR count). The summed E-state index contributed by atoms with van der Waals surface area (Å²) in [5, 5.41) is 0. The van der Waals surface area contributed by atoms with E-state index in [0.29, 0.717) is 0 Å². The van der Waals surface area contributed by atoms with Crippen LogP contribution in [-0.4, -0.2) is 19.5 Å². The summed E-state index contributed by atoms with van der Waals surface area (Å²) in [5.74, 6) is 2.02. The van der Waals surface area contributed by atoms with Gasteiger partial charge in [-0.05, 0) is 13.8 Å². The van der Waals surface area contributed by atoms with Crippen molar-refractivity contribution in [3.8, 4) is 0 Å². The van der Waals surface area contributed by atoms with Crippen LogP contribution in [0, 0.1) is 13.8 Å². The van der Waals surface area contributed by atoms with Crippen LogP contribution in [0.3, 0.4) is 0 Å². The van der Waals surface area contributed by atoms with E-state index in [4.69, 9.17) is 0 Å². The van der Waals surface area contributed by atoms with Crippen LogP contribution in [0.2, 0.25) is 0 Å². The Morgan fingerprint density at radius 1 is 1.23 bits per heavy atom. The topological polar surface area (TPSA) is 46.5 Å². The van der Waals surface area contributed by atoms with Gasteiger partial charge in [-0.25, -0.2) is 9.97 Å². The van der Waals surface area contributed by atoms with E-state index in [1.54, 1.807) is 18.6 Å². The molecule has 0 aliphatic heterocycles. The summed E-state index contributed by atoms with van der Waals surface area (Å²) < 4.78 is 1.97. The predicted molar refractivity (Wildman–Crippen MR) is 51.3 cm³/mol. The molecule has 0 radical (unpaired) electrons. The zero-order valence-electron chi connectivity index (χ0n) is 8.15. The van der Waals surface area contributed by atoms with Crippen LogP contribution in [0.15, 0.2) is 24.8 Å². The summed E-state index contributed by atoms with van der Waals surface area (Å²) in [4.78, 5) is 10.7. The van der Waals surface area contributed by atoms with E-state index < -0.39 is 0 Å². The minimum Gasteiger partial charge on any atom is -0.349 e. The Morgan fingerprint density at radius 3 is 2.15 bits per heavy atom. The van der Waals surface area contributed by atoms with Crippen molar-refractivity contribution in [1.82, 2.24) is 19.5 Å². The normalized spacial score (nSPS) is 9.15. The second-order valence-corrected chi connectivity index (χ2v) is 2.76. The highest BCUT2D eigenvalue weighted by Crippen LogP contribution is 1.87. The zero-order valence-corrected chi connectivity index (χ0v) is 8.15. The monoisotopic (exact) mass is 178 g/mol. The third-order valence-electron chi connectivity index (χ3n) is 1.70. The van der Waals surface area contributed by atoms with Gasteiger partial charge in [-0.3, -0.25) is 0 Å². The molecule has 0 atom stereocenters. The average Bonchev–Trinajstić information content (AvgIpc) is 2.67. The Morgan fingerprint density at radius 2 is 2.00 bits per heavy atom. The van der Waals surface area contributed by atoms with Gasteiger partial charge in [0.25, 0.3) is 0 Å². The maximum absolute atomic E-state index is 3.98. The molecular weight excluding hydrogens is 164 g/mol. The summed E-state index contributed by atoms with van der Waals surface area (Å²) in [7, 11) is 1.97. The van der Waals surface area contributed by atoms with E-state index >= 15 is 0 Å². The summed E-state index contributed by atoms with van der Waals surface area (Å²) in [6.07, 6.45) is 7.25. The third kappa shape index (κ3) is 3.11. The van der Waals surface area contributed by atoms with Gasteiger partial charge in [0.15, 0.2) is 0 Å². The van der Waals surface area contributed by atoms with E-state index in [2.05, 4.69) is 15.0 Å². The number of rotatable bonds is 0. The fraction of sp³-hybridized carbons (Fsp3) is 0.333. The highest BCUT2D eigenvalue weighted by molar-refractivity contribution is 4.85. The molecule has 0 amide bonds. The van der Waals surface area contributed by atoms with Crippen molar-refractivity contribution >= 4 is 0 Å². The Balaban J connectivity index is 0.000000132. The molecule has 2 heterocycles. The van der Waals surface area contributed by atoms with Crippen molar-refractivity contribution < 1.29 is 0 Å². The lowest BCUT2D eigenvalue weighted by atomic mass is 10.7. The van der Waals surface area contributed by atoms with Gasteiger partial charge in [0.2, 0.25) is 0 Å². The van der Waals surface area contributed by atoms with Gasteiger partial charge in [0, 0.05) is 31.8 Å². The molecule has 0 spiro atoms. The molecule has 2 aromatic heterocycles. The smallest absolute Gasteiger partial charge is 0.105 e. The van der Waals surface area contributed by atoms with Crippen LogP contribution < -0.4 is 0 Å². The predicted octanol–water partition coefficient (Wildman–Crippen LogP) is 1.45. The van der Waals surface area contributed by atoms with Crippen molar-refractivity contribution in [2.45, 2.75) is 13.8 Å². The molecule has 0 aliphatic carbocycles. The number of hydrogen-bond donors (Lipinski definition) is 1. The molecule has 4 heteroatoms. The van der Waals surface area contributed by atoms with Crippen molar-refractivity contribution in [2.24, 2.45) is 7.05 Å². The maximum atomic E-state index is 3.98. The van der Waals surface area contributed by atoms with Crippen LogP contribution >= 0.6 is 0 Å². The molecule has 0 aromatic carbocycles. The molecule has 2 aromatic rings. The summed E-state index contributed by atoms with van der Waals surface area (Å²) >= 11 is 0. The molecular formula is C9H14N4. The van der Waals surface area contributed by atoms with Crippen molar-refractivity contribution in [1.29, 1.82) is 0 Å². The molecule has 0 bridgehead atoms. The number of hydrogen-bond acceptors (Lipinski definition) is 2. The fourth-order valence-corrected chi connectivity index (χ4v) is 0.784. The summed E-state index contributed by atoms with van der Waals surface area (Å²) in [6, 6.07) is 0. The molecule has 0 unspecified atom stereocenters. The van der Waals surface area contributed by atoms with Gasteiger partial charge < -0.3 is 9.55 Å². The molecule has 1 N–H and O–H groups in total. The molecule has 13 heavy (non-hydrogen) atoms. The number of H-pyrrole nitrogens is 1. The summed E-state index contributed by atoms with van der Waals surface area (Å²) in [6.45, 7) is 3.89. The van der Waals surface area contributed by atoms with Gasteiger partial charge in [-0.15, -0.1) is 0 Å². The van der Waals surface area contributed by atoms with Gasteiger partial charge in [-0.1, -0.05) is 0 Å². The molecule has 0 aliphatic rings. The number of aryl methyl sites for hydroxylation is 3. The molecule has 0 fully saturated rings. The van der Waals surface area contributed by atoms with E-state index in [9.17, 15) is 0 Å². The van der Waals surface area contributed by atoms with E-state index in [0.717, 1.165) is 11.6 Å². The lowest BCUT2D eigenvalue weighted by Gasteiger charge is -1.87. The highest BCUT2D eigenvalue weighted by Gasteiger charge is 1.83. The SMILES string of the molecule is Cc1ncc[nH]1.Cc1nccn1C. The Hall–Kier alpha value is -1.58. The molecule has 0 saturated heterocycles. The minimum absolute atomic E-state index is 0.968. The number of nitrogens with zero attached hydrogens (tertiary/aromatic N) is 3. The first-order valence-electron chi connectivity index (χ1n) is 4.10. The largest absolute Gasteiger partial charge is 0.349 e. The minimum atomic E-state index is 0.968. The zero-order chi connectivity index (χ0) is 9.68. The maximum Gasteiger partial charge on any atom is 0.105 e.